The molecule has 0 aliphatic rings. The van der Waals surface area contributed by atoms with Crippen LogP contribution in [0.25, 0.3) is 0 Å². The minimum Gasteiger partial charge on any atom is -0.309 e. The molecule has 0 bridgehead atoms. The highest BCUT2D eigenvalue weighted by Crippen LogP contribution is 2.32. The fourth-order valence-electron chi connectivity index (χ4n) is 1.80. The molecule has 1 aromatic rings. The SMILES string of the molecule is C=C(C)CC(NCC)c1snnc1C(C)(C)C. The van der Waals surface area contributed by atoms with E-state index in [9.17, 15) is 0 Å². The quantitative estimate of drug-likeness (QED) is 0.817. The van der Waals surface area contributed by atoms with Crippen LogP contribution in [0.4, 0.5) is 0 Å². The Kier molecular flexibility index (Phi) is 4.83. The van der Waals surface area contributed by atoms with Gasteiger partial charge in [0.15, 0.2) is 0 Å². The Morgan fingerprint density at radius 3 is 2.59 bits per heavy atom. The van der Waals surface area contributed by atoms with E-state index >= 15 is 0 Å². The van der Waals surface area contributed by atoms with Crippen molar-refractivity contribution in [3.05, 3.63) is 22.7 Å². The van der Waals surface area contributed by atoms with Crippen LogP contribution in [-0.2, 0) is 5.41 Å². The van der Waals surface area contributed by atoms with E-state index in [1.807, 2.05) is 0 Å². The summed E-state index contributed by atoms with van der Waals surface area (Å²) in [5.41, 5.74) is 2.34. The third kappa shape index (κ3) is 3.89. The average Bonchev–Trinajstić information content (AvgIpc) is 2.63. The molecule has 0 aromatic carbocycles. The highest BCUT2D eigenvalue weighted by molar-refractivity contribution is 7.05. The maximum Gasteiger partial charge on any atom is 0.0857 e. The number of rotatable bonds is 5. The molecule has 0 amide bonds. The van der Waals surface area contributed by atoms with Gasteiger partial charge in [-0.1, -0.05) is 37.8 Å². The minimum atomic E-state index is 0.0467. The zero-order valence-corrected chi connectivity index (χ0v) is 12.3. The topological polar surface area (TPSA) is 37.8 Å². The van der Waals surface area contributed by atoms with Crippen LogP contribution in [0.1, 0.15) is 57.7 Å². The fraction of sp³-hybridized carbons (Fsp3) is 0.692. The summed E-state index contributed by atoms with van der Waals surface area (Å²) in [7, 11) is 0. The van der Waals surface area contributed by atoms with Crippen molar-refractivity contribution in [2.75, 3.05) is 6.54 Å². The molecule has 0 aliphatic carbocycles. The number of nitrogens with zero attached hydrogens (tertiary/aromatic N) is 2. The molecule has 1 rings (SSSR count). The molecule has 1 aromatic heterocycles. The Balaban J connectivity index is 3.02. The van der Waals surface area contributed by atoms with Crippen molar-refractivity contribution >= 4 is 11.5 Å². The first-order chi connectivity index (χ1) is 7.86. The Hall–Kier alpha value is -0.740. The van der Waals surface area contributed by atoms with Gasteiger partial charge in [0, 0.05) is 11.5 Å². The zero-order valence-electron chi connectivity index (χ0n) is 11.5. The third-order valence-corrected chi connectivity index (χ3v) is 3.38. The van der Waals surface area contributed by atoms with Crippen LogP contribution in [-0.4, -0.2) is 16.1 Å². The summed E-state index contributed by atoms with van der Waals surface area (Å²) in [6.07, 6.45) is 0.945. The number of aromatic nitrogens is 2. The van der Waals surface area contributed by atoms with E-state index in [1.165, 1.54) is 22.0 Å². The molecule has 1 unspecified atom stereocenters. The second-order valence-corrected chi connectivity index (χ2v) is 6.29. The predicted octanol–water partition coefficient (Wildman–Crippen LogP) is 3.45. The molecule has 1 heterocycles. The smallest absolute Gasteiger partial charge is 0.0857 e. The Morgan fingerprint density at radius 1 is 1.47 bits per heavy atom. The van der Waals surface area contributed by atoms with Crippen molar-refractivity contribution in [1.82, 2.24) is 14.9 Å². The lowest BCUT2D eigenvalue weighted by Gasteiger charge is -2.22. The van der Waals surface area contributed by atoms with Gasteiger partial charge in [-0.3, -0.25) is 0 Å². The van der Waals surface area contributed by atoms with Gasteiger partial charge < -0.3 is 5.32 Å². The summed E-state index contributed by atoms with van der Waals surface area (Å²) in [6, 6.07) is 0.298. The van der Waals surface area contributed by atoms with Gasteiger partial charge in [-0.25, -0.2) is 0 Å². The van der Waals surface area contributed by atoms with Crippen LogP contribution < -0.4 is 5.32 Å². The van der Waals surface area contributed by atoms with Crippen molar-refractivity contribution in [3.8, 4) is 0 Å². The molecule has 0 saturated carbocycles. The second-order valence-electron chi connectivity index (χ2n) is 5.51. The molecule has 0 spiro atoms. The molecule has 96 valence electrons. The highest BCUT2D eigenvalue weighted by Gasteiger charge is 2.26. The Bertz CT molecular complexity index is 376. The van der Waals surface area contributed by atoms with Crippen molar-refractivity contribution in [1.29, 1.82) is 0 Å². The van der Waals surface area contributed by atoms with Gasteiger partial charge in [-0.15, -0.1) is 11.7 Å². The van der Waals surface area contributed by atoms with E-state index in [1.54, 1.807) is 0 Å². The first-order valence-electron chi connectivity index (χ1n) is 6.06. The Morgan fingerprint density at radius 2 is 2.12 bits per heavy atom. The number of hydrogen-bond donors (Lipinski definition) is 1. The number of nitrogens with one attached hydrogen (secondary N) is 1. The molecule has 4 heteroatoms. The summed E-state index contributed by atoms with van der Waals surface area (Å²) in [6.45, 7) is 15.7. The van der Waals surface area contributed by atoms with E-state index in [4.69, 9.17) is 0 Å². The standard InChI is InChI=1S/C13H23N3S/c1-7-14-10(8-9(2)3)11-12(13(4,5)6)15-16-17-11/h10,14H,2,7-8H2,1,3-6H3. The van der Waals surface area contributed by atoms with Crippen LogP contribution in [0.3, 0.4) is 0 Å². The Labute approximate surface area is 108 Å². The molecule has 17 heavy (non-hydrogen) atoms. The zero-order chi connectivity index (χ0) is 13.1. The molecule has 0 aliphatic heterocycles. The predicted molar refractivity (Wildman–Crippen MR) is 74.5 cm³/mol. The molecule has 0 radical (unpaired) electrons. The van der Waals surface area contributed by atoms with Crippen LogP contribution in [0.5, 0.6) is 0 Å². The average molecular weight is 253 g/mol. The lowest BCUT2D eigenvalue weighted by Crippen LogP contribution is -2.24. The van der Waals surface area contributed by atoms with Gasteiger partial charge in [-0.2, -0.15) is 0 Å². The van der Waals surface area contributed by atoms with Crippen LogP contribution in [0.2, 0.25) is 0 Å². The van der Waals surface area contributed by atoms with E-state index in [0.717, 1.165) is 18.7 Å². The van der Waals surface area contributed by atoms with E-state index in [0.29, 0.717) is 6.04 Å². The summed E-state index contributed by atoms with van der Waals surface area (Å²) < 4.78 is 4.12. The minimum absolute atomic E-state index is 0.0467. The molecular formula is C13H23N3S. The van der Waals surface area contributed by atoms with Crippen molar-refractivity contribution < 1.29 is 0 Å². The summed E-state index contributed by atoms with van der Waals surface area (Å²) in [5.74, 6) is 0. The first-order valence-corrected chi connectivity index (χ1v) is 6.84. The van der Waals surface area contributed by atoms with Crippen molar-refractivity contribution in [3.63, 3.8) is 0 Å². The largest absolute Gasteiger partial charge is 0.309 e. The summed E-state index contributed by atoms with van der Waals surface area (Å²) >= 11 is 1.50. The molecular weight excluding hydrogens is 230 g/mol. The van der Waals surface area contributed by atoms with E-state index < -0.39 is 0 Å². The molecule has 1 atom stereocenters. The molecule has 3 nitrogen and oxygen atoms in total. The fourth-order valence-corrected chi connectivity index (χ4v) is 2.74. The third-order valence-electron chi connectivity index (χ3n) is 2.54. The summed E-state index contributed by atoms with van der Waals surface area (Å²) in [5, 5.41) is 7.80. The van der Waals surface area contributed by atoms with Crippen molar-refractivity contribution in [2.45, 2.75) is 52.5 Å². The molecule has 1 N–H and O–H groups in total. The second kappa shape index (κ2) is 5.74. The van der Waals surface area contributed by atoms with Gasteiger partial charge in [0.2, 0.25) is 0 Å². The van der Waals surface area contributed by atoms with E-state index in [-0.39, 0.29) is 5.41 Å². The molecule has 0 fully saturated rings. The maximum atomic E-state index is 4.30. The monoisotopic (exact) mass is 253 g/mol. The van der Waals surface area contributed by atoms with Crippen molar-refractivity contribution in [2.24, 2.45) is 0 Å². The maximum absolute atomic E-state index is 4.30. The highest BCUT2D eigenvalue weighted by atomic mass is 32.1. The van der Waals surface area contributed by atoms with Crippen LogP contribution >= 0.6 is 11.5 Å². The first kappa shape index (κ1) is 14.3. The van der Waals surface area contributed by atoms with E-state index in [2.05, 4.69) is 56.1 Å². The number of hydrogen-bond acceptors (Lipinski definition) is 4. The van der Waals surface area contributed by atoms with Gasteiger partial charge in [0.1, 0.15) is 0 Å². The summed E-state index contributed by atoms with van der Waals surface area (Å²) in [4.78, 5) is 1.25. The van der Waals surface area contributed by atoms with Gasteiger partial charge in [0.05, 0.1) is 10.6 Å². The van der Waals surface area contributed by atoms with Gasteiger partial charge in [0.25, 0.3) is 0 Å². The lowest BCUT2D eigenvalue weighted by molar-refractivity contribution is 0.514. The van der Waals surface area contributed by atoms with Crippen LogP contribution in [0.15, 0.2) is 12.2 Å². The van der Waals surface area contributed by atoms with Gasteiger partial charge >= 0.3 is 0 Å². The normalized spacial score (nSPS) is 13.7. The molecule has 0 saturated heterocycles. The van der Waals surface area contributed by atoms with Gasteiger partial charge in [-0.05, 0) is 31.4 Å². The van der Waals surface area contributed by atoms with Crippen LogP contribution in [0, 0.1) is 0 Å². The lowest BCUT2D eigenvalue weighted by atomic mass is 9.89.